The number of halogens is 1. The normalized spacial score (nSPS) is 10.1. The van der Waals surface area contributed by atoms with E-state index in [1.807, 2.05) is 12.1 Å². The van der Waals surface area contributed by atoms with Crippen molar-refractivity contribution in [3.63, 3.8) is 0 Å². The molecule has 2 rings (SSSR count). The van der Waals surface area contributed by atoms with Crippen LogP contribution in [0.4, 0.5) is 4.79 Å². The first-order chi connectivity index (χ1) is 9.75. The third-order valence-electron chi connectivity index (χ3n) is 2.49. The van der Waals surface area contributed by atoms with E-state index in [0.29, 0.717) is 36.2 Å². The first-order valence-corrected chi connectivity index (χ1v) is 6.55. The summed E-state index contributed by atoms with van der Waals surface area (Å²) in [6.45, 7) is 1.08. The third kappa shape index (κ3) is 4.51. The van der Waals surface area contributed by atoms with Crippen LogP contribution in [0, 0.1) is 0 Å². The van der Waals surface area contributed by atoms with Gasteiger partial charge in [-0.3, -0.25) is 0 Å². The van der Waals surface area contributed by atoms with E-state index >= 15 is 0 Å². The standard InChI is InChI=1S/C14H15ClN2O3/c15-12-5-1-2-6-13(12)20-9-7-16-14(18)17-10-11-4-3-8-19-11/h1-6,8H,7,9-10H2,(H2,16,17,18). The predicted molar refractivity (Wildman–Crippen MR) is 75.9 cm³/mol. The first kappa shape index (κ1) is 14.3. The maximum absolute atomic E-state index is 11.5. The van der Waals surface area contributed by atoms with Gasteiger partial charge >= 0.3 is 6.03 Å². The van der Waals surface area contributed by atoms with Crippen LogP contribution in [-0.2, 0) is 6.54 Å². The number of hydrogen-bond donors (Lipinski definition) is 2. The van der Waals surface area contributed by atoms with Crippen LogP contribution in [0.15, 0.2) is 47.1 Å². The number of furan rings is 1. The number of rotatable bonds is 6. The van der Waals surface area contributed by atoms with E-state index in [2.05, 4.69) is 10.6 Å². The summed E-state index contributed by atoms with van der Waals surface area (Å²) < 4.78 is 10.5. The molecule has 1 aromatic carbocycles. The molecule has 0 saturated heterocycles. The molecule has 0 bridgehead atoms. The molecule has 0 spiro atoms. The minimum Gasteiger partial charge on any atom is -0.490 e. The number of nitrogens with one attached hydrogen (secondary N) is 2. The second kappa shape index (κ2) is 7.45. The molecule has 1 aromatic heterocycles. The van der Waals surface area contributed by atoms with Crippen molar-refractivity contribution in [3.8, 4) is 5.75 Å². The molecule has 0 saturated carbocycles. The Morgan fingerprint density at radius 2 is 2.05 bits per heavy atom. The fraction of sp³-hybridized carbons (Fsp3) is 0.214. The maximum atomic E-state index is 11.5. The van der Waals surface area contributed by atoms with Crippen LogP contribution in [0.25, 0.3) is 0 Å². The zero-order valence-electron chi connectivity index (χ0n) is 10.8. The lowest BCUT2D eigenvalue weighted by Crippen LogP contribution is -2.37. The van der Waals surface area contributed by atoms with Crippen LogP contribution < -0.4 is 15.4 Å². The molecule has 0 unspecified atom stereocenters. The minimum absolute atomic E-state index is 0.274. The van der Waals surface area contributed by atoms with Gasteiger partial charge in [-0.25, -0.2) is 4.79 Å². The highest BCUT2D eigenvalue weighted by atomic mass is 35.5. The van der Waals surface area contributed by atoms with Crippen molar-refractivity contribution in [2.24, 2.45) is 0 Å². The average Bonchev–Trinajstić information content (AvgIpc) is 2.96. The third-order valence-corrected chi connectivity index (χ3v) is 2.80. The second-order valence-electron chi connectivity index (χ2n) is 3.97. The fourth-order valence-electron chi connectivity index (χ4n) is 1.53. The summed E-state index contributed by atoms with van der Waals surface area (Å²) >= 11 is 5.94. The van der Waals surface area contributed by atoms with Crippen LogP contribution >= 0.6 is 11.6 Å². The highest BCUT2D eigenvalue weighted by Gasteiger charge is 2.02. The van der Waals surface area contributed by atoms with Crippen molar-refractivity contribution < 1.29 is 13.9 Å². The van der Waals surface area contributed by atoms with Gasteiger partial charge in [0, 0.05) is 0 Å². The highest BCUT2D eigenvalue weighted by Crippen LogP contribution is 2.22. The molecule has 5 nitrogen and oxygen atoms in total. The molecule has 2 N–H and O–H groups in total. The van der Waals surface area contributed by atoms with Gasteiger partial charge in [0.05, 0.1) is 24.4 Å². The molecule has 0 aliphatic heterocycles. The molecule has 0 atom stereocenters. The van der Waals surface area contributed by atoms with E-state index in [4.69, 9.17) is 20.8 Å². The zero-order chi connectivity index (χ0) is 14.2. The summed E-state index contributed by atoms with van der Waals surface area (Å²) in [7, 11) is 0. The summed E-state index contributed by atoms with van der Waals surface area (Å²) in [4.78, 5) is 11.5. The number of carbonyl (C=O) groups excluding carboxylic acids is 1. The number of para-hydroxylation sites is 1. The van der Waals surface area contributed by atoms with Crippen LogP contribution in [0.2, 0.25) is 5.02 Å². The smallest absolute Gasteiger partial charge is 0.315 e. The fourth-order valence-corrected chi connectivity index (χ4v) is 1.72. The van der Waals surface area contributed by atoms with Crippen molar-refractivity contribution in [1.29, 1.82) is 0 Å². The molecule has 0 radical (unpaired) electrons. The lowest BCUT2D eigenvalue weighted by Gasteiger charge is -2.09. The molecule has 0 aliphatic carbocycles. The SMILES string of the molecule is O=C(NCCOc1ccccc1Cl)NCc1ccco1. The summed E-state index contributed by atoms with van der Waals surface area (Å²) in [5.74, 6) is 1.31. The Balaban J connectivity index is 1.61. The largest absolute Gasteiger partial charge is 0.490 e. The zero-order valence-corrected chi connectivity index (χ0v) is 11.5. The predicted octanol–water partition coefficient (Wildman–Crippen LogP) is 2.81. The van der Waals surface area contributed by atoms with Gasteiger partial charge in [0.1, 0.15) is 18.1 Å². The molecular formula is C14H15ClN2O3. The maximum Gasteiger partial charge on any atom is 0.315 e. The monoisotopic (exact) mass is 294 g/mol. The number of carbonyl (C=O) groups is 1. The van der Waals surface area contributed by atoms with Gasteiger partial charge in [-0.15, -0.1) is 0 Å². The van der Waals surface area contributed by atoms with Crippen LogP contribution in [0.3, 0.4) is 0 Å². The number of hydrogen-bond acceptors (Lipinski definition) is 3. The highest BCUT2D eigenvalue weighted by molar-refractivity contribution is 6.32. The van der Waals surface area contributed by atoms with Crippen molar-refractivity contribution in [3.05, 3.63) is 53.4 Å². The van der Waals surface area contributed by atoms with Crippen LogP contribution in [0.5, 0.6) is 5.75 Å². The quantitative estimate of drug-likeness (QED) is 0.805. The number of amides is 2. The van der Waals surface area contributed by atoms with E-state index in [9.17, 15) is 4.79 Å². The van der Waals surface area contributed by atoms with E-state index in [0.717, 1.165) is 0 Å². The Hall–Kier alpha value is -2.14. The first-order valence-electron chi connectivity index (χ1n) is 6.17. The Morgan fingerprint density at radius 1 is 1.20 bits per heavy atom. The summed E-state index contributed by atoms with van der Waals surface area (Å²) in [6.07, 6.45) is 1.56. The van der Waals surface area contributed by atoms with Crippen molar-refractivity contribution in [2.45, 2.75) is 6.54 Å². The Kier molecular flexibility index (Phi) is 5.32. The van der Waals surface area contributed by atoms with Gasteiger partial charge in [-0.1, -0.05) is 23.7 Å². The van der Waals surface area contributed by atoms with Crippen molar-refractivity contribution >= 4 is 17.6 Å². The molecule has 6 heteroatoms. The molecule has 2 aromatic rings. The van der Waals surface area contributed by atoms with Crippen molar-refractivity contribution in [2.75, 3.05) is 13.2 Å². The Morgan fingerprint density at radius 3 is 2.80 bits per heavy atom. The second-order valence-corrected chi connectivity index (χ2v) is 4.37. The topological polar surface area (TPSA) is 63.5 Å². The van der Waals surface area contributed by atoms with Crippen LogP contribution in [-0.4, -0.2) is 19.2 Å². The molecule has 0 aliphatic rings. The summed E-state index contributed by atoms with van der Waals surface area (Å²) in [5, 5.41) is 5.90. The molecule has 106 valence electrons. The molecule has 20 heavy (non-hydrogen) atoms. The van der Waals surface area contributed by atoms with Gasteiger partial charge < -0.3 is 19.8 Å². The number of urea groups is 1. The lowest BCUT2D eigenvalue weighted by atomic mass is 10.3. The van der Waals surface area contributed by atoms with Gasteiger partial charge in [0.2, 0.25) is 0 Å². The lowest BCUT2D eigenvalue weighted by molar-refractivity contribution is 0.235. The van der Waals surface area contributed by atoms with Crippen molar-refractivity contribution in [1.82, 2.24) is 10.6 Å². The summed E-state index contributed by atoms with van der Waals surface area (Å²) in [5.41, 5.74) is 0. The molecule has 0 fully saturated rings. The van der Waals surface area contributed by atoms with E-state index in [1.165, 1.54) is 0 Å². The van der Waals surface area contributed by atoms with Crippen LogP contribution in [0.1, 0.15) is 5.76 Å². The van der Waals surface area contributed by atoms with Gasteiger partial charge in [-0.05, 0) is 24.3 Å². The van der Waals surface area contributed by atoms with E-state index in [1.54, 1.807) is 30.5 Å². The average molecular weight is 295 g/mol. The molecule has 1 heterocycles. The Labute approximate surface area is 121 Å². The molecule has 2 amide bonds. The number of benzene rings is 1. The van der Waals surface area contributed by atoms with E-state index in [-0.39, 0.29) is 6.03 Å². The Bertz CT molecular complexity index is 543. The molecular weight excluding hydrogens is 280 g/mol. The van der Waals surface area contributed by atoms with Gasteiger partial charge in [-0.2, -0.15) is 0 Å². The number of ether oxygens (including phenoxy) is 1. The van der Waals surface area contributed by atoms with E-state index < -0.39 is 0 Å². The summed E-state index contributed by atoms with van der Waals surface area (Å²) in [6, 6.07) is 10.5. The van der Waals surface area contributed by atoms with Gasteiger partial charge in [0.25, 0.3) is 0 Å². The van der Waals surface area contributed by atoms with Gasteiger partial charge in [0.15, 0.2) is 0 Å². The minimum atomic E-state index is -0.274.